The van der Waals surface area contributed by atoms with Crippen molar-refractivity contribution in [1.82, 2.24) is 19.7 Å². The lowest BCUT2D eigenvalue weighted by Gasteiger charge is -2.35. The summed E-state index contributed by atoms with van der Waals surface area (Å²) in [4.78, 5) is 32.3. The van der Waals surface area contributed by atoms with E-state index in [2.05, 4.69) is 15.0 Å². The molecule has 0 atom stereocenters. The number of aromatic nitrogens is 3. The molecule has 2 aromatic rings. The van der Waals surface area contributed by atoms with Crippen LogP contribution >= 0.6 is 0 Å². The Kier molecular flexibility index (Phi) is 4.97. The van der Waals surface area contributed by atoms with E-state index < -0.39 is 0 Å². The predicted octanol–water partition coefficient (Wildman–Crippen LogP) is 0.954. The van der Waals surface area contributed by atoms with Crippen molar-refractivity contribution in [3.05, 3.63) is 41.9 Å². The van der Waals surface area contributed by atoms with Crippen LogP contribution in [0.3, 0.4) is 0 Å². The second-order valence-electron chi connectivity index (χ2n) is 5.81. The predicted molar refractivity (Wildman–Crippen MR) is 91.5 cm³/mol. The normalized spacial score (nSPS) is 14.5. The summed E-state index contributed by atoms with van der Waals surface area (Å²) in [5.74, 6) is 0.424. The number of carbonyl (C=O) groups is 2. The molecule has 25 heavy (non-hydrogen) atoms. The minimum atomic E-state index is -0.367. The highest BCUT2D eigenvalue weighted by atomic mass is 16.5. The van der Waals surface area contributed by atoms with Crippen LogP contribution in [-0.4, -0.2) is 64.3 Å². The van der Waals surface area contributed by atoms with Gasteiger partial charge in [-0.3, -0.25) is 9.48 Å². The molecule has 0 aliphatic carbocycles. The van der Waals surface area contributed by atoms with E-state index in [-0.39, 0.29) is 11.9 Å². The Morgan fingerprint density at radius 1 is 1.12 bits per heavy atom. The Morgan fingerprint density at radius 3 is 2.44 bits per heavy atom. The summed E-state index contributed by atoms with van der Waals surface area (Å²) >= 11 is 0. The van der Waals surface area contributed by atoms with Gasteiger partial charge < -0.3 is 14.5 Å². The van der Waals surface area contributed by atoms with Gasteiger partial charge in [0.25, 0.3) is 5.91 Å². The van der Waals surface area contributed by atoms with Crippen molar-refractivity contribution >= 4 is 17.7 Å². The Hall–Kier alpha value is -2.90. The Bertz CT molecular complexity index is 748. The minimum Gasteiger partial charge on any atom is -0.462 e. The van der Waals surface area contributed by atoms with E-state index >= 15 is 0 Å². The number of pyridine rings is 1. The lowest BCUT2D eigenvalue weighted by molar-refractivity contribution is 0.0525. The smallest absolute Gasteiger partial charge is 0.339 e. The van der Waals surface area contributed by atoms with Crippen molar-refractivity contribution in [1.29, 1.82) is 0 Å². The van der Waals surface area contributed by atoms with Gasteiger partial charge in [-0.05, 0) is 19.1 Å². The Labute approximate surface area is 146 Å². The monoisotopic (exact) mass is 343 g/mol. The maximum Gasteiger partial charge on any atom is 0.339 e. The van der Waals surface area contributed by atoms with Crippen LogP contribution in [-0.2, 0) is 11.8 Å². The van der Waals surface area contributed by atoms with Crippen LogP contribution in [0.25, 0.3) is 0 Å². The van der Waals surface area contributed by atoms with Crippen LogP contribution < -0.4 is 4.90 Å². The maximum atomic E-state index is 12.4. The highest BCUT2D eigenvalue weighted by molar-refractivity contribution is 5.94. The molecular formula is C17H21N5O3. The number of hydrogen-bond acceptors (Lipinski definition) is 6. The largest absolute Gasteiger partial charge is 0.462 e. The van der Waals surface area contributed by atoms with E-state index in [9.17, 15) is 9.59 Å². The summed E-state index contributed by atoms with van der Waals surface area (Å²) in [6.45, 7) is 4.74. The lowest BCUT2D eigenvalue weighted by atomic mass is 10.2. The number of aryl methyl sites for hydroxylation is 1. The van der Waals surface area contributed by atoms with Crippen LogP contribution in [0.15, 0.2) is 30.7 Å². The SMILES string of the molecule is CCOC(=O)c1ccc(N2CCN(C(=O)c3cnn(C)c3)CC2)nc1. The Morgan fingerprint density at radius 2 is 1.88 bits per heavy atom. The number of rotatable bonds is 4. The first kappa shape index (κ1) is 16.9. The van der Waals surface area contributed by atoms with Gasteiger partial charge in [0.05, 0.1) is 23.9 Å². The molecule has 0 bridgehead atoms. The molecule has 3 heterocycles. The first-order chi connectivity index (χ1) is 12.1. The third kappa shape index (κ3) is 3.78. The summed E-state index contributed by atoms with van der Waals surface area (Å²) < 4.78 is 6.58. The fraction of sp³-hybridized carbons (Fsp3) is 0.412. The van der Waals surface area contributed by atoms with Crippen molar-refractivity contribution in [3.63, 3.8) is 0 Å². The first-order valence-electron chi connectivity index (χ1n) is 8.24. The molecule has 1 fully saturated rings. The molecular weight excluding hydrogens is 322 g/mol. The number of amides is 1. The second kappa shape index (κ2) is 7.33. The summed E-state index contributed by atoms with van der Waals surface area (Å²) in [6.07, 6.45) is 4.84. The first-order valence-corrected chi connectivity index (χ1v) is 8.24. The molecule has 3 rings (SSSR count). The van der Waals surface area contributed by atoms with Crippen LogP contribution in [0.5, 0.6) is 0 Å². The van der Waals surface area contributed by atoms with Crippen LogP contribution in [0.4, 0.5) is 5.82 Å². The molecule has 8 nitrogen and oxygen atoms in total. The fourth-order valence-corrected chi connectivity index (χ4v) is 2.76. The number of ether oxygens (including phenoxy) is 1. The average Bonchev–Trinajstić information content (AvgIpc) is 3.08. The molecule has 0 aromatic carbocycles. The van der Waals surface area contributed by atoms with Gasteiger partial charge in [-0.25, -0.2) is 9.78 Å². The number of anilines is 1. The molecule has 0 spiro atoms. The average molecular weight is 343 g/mol. The van der Waals surface area contributed by atoms with Crippen LogP contribution in [0.1, 0.15) is 27.6 Å². The maximum absolute atomic E-state index is 12.4. The van der Waals surface area contributed by atoms with Crippen LogP contribution in [0.2, 0.25) is 0 Å². The summed E-state index contributed by atoms with van der Waals surface area (Å²) in [5, 5.41) is 4.04. The molecule has 0 radical (unpaired) electrons. The molecule has 1 amide bonds. The number of hydrogen-bond donors (Lipinski definition) is 0. The van der Waals surface area contributed by atoms with Gasteiger partial charge in [0, 0.05) is 45.6 Å². The quantitative estimate of drug-likeness (QED) is 0.769. The highest BCUT2D eigenvalue weighted by Gasteiger charge is 2.23. The van der Waals surface area contributed by atoms with Gasteiger partial charge in [0.2, 0.25) is 0 Å². The minimum absolute atomic E-state index is 0.00151. The molecule has 1 aliphatic rings. The fourth-order valence-electron chi connectivity index (χ4n) is 2.76. The van der Waals surface area contributed by atoms with Crippen molar-refractivity contribution < 1.29 is 14.3 Å². The zero-order chi connectivity index (χ0) is 17.8. The summed E-state index contributed by atoms with van der Waals surface area (Å²) in [7, 11) is 1.79. The molecule has 0 N–H and O–H groups in total. The van der Waals surface area contributed by atoms with E-state index in [0.717, 1.165) is 5.82 Å². The zero-order valence-electron chi connectivity index (χ0n) is 14.4. The number of esters is 1. The van der Waals surface area contributed by atoms with E-state index in [1.165, 1.54) is 6.20 Å². The van der Waals surface area contributed by atoms with E-state index in [1.54, 1.807) is 37.1 Å². The van der Waals surface area contributed by atoms with Gasteiger partial charge in [-0.2, -0.15) is 5.10 Å². The summed E-state index contributed by atoms with van der Waals surface area (Å²) in [6, 6.07) is 3.53. The standard InChI is InChI=1S/C17H21N5O3/c1-3-25-17(24)13-4-5-15(18-10-13)21-6-8-22(9-7-21)16(23)14-11-19-20(2)12-14/h4-5,10-12H,3,6-9H2,1-2H3. The molecule has 8 heteroatoms. The molecule has 0 unspecified atom stereocenters. The van der Waals surface area contributed by atoms with Gasteiger partial charge >= 0.3 is 5.97 Å². The van der Waals surface area contributed by atoms with E-state index in [1.807, 2.05) is 11.0 Å². The van der Waals surface area contributed by atoms with Crippen molar-refractivity contribution in [2.24, 2.45) is 7.05 Å². The van der Waals surface area contributed by atoms with Crippen molar-refractivity contribution in [2.45, 2.75) is 6.92 Å². The lowest BCUT2D eigenvalue weighted by Crippen LogP contribution is -2.49. The number of carbonyl (C=O) groups excluding carboxylic acids is 2. The molecule has 132 valence electrons. The third-order valence-corrected chi connectivity index (χ3v) is 4.10. The second-order valence-corrected chi connectivity index (χ2v) is 5.81. The molecule has 1 aliphatic heterocycles. The van der Waals surface area contributed by atoms with E-state index in [4.69, 9.17) is 4.74 Å². The van der Waals surface area contributed by atoms with Crippen molar-refractivity contribution in [3.8, 4) is 0 Å². The number of nitrogens with zero attached hydrogens (tertiary/aromatic N) is 5. The molecule has 0 saturated carbocycles. The van der Waals surface area contributed by atoms with Gasteiger partial charge in [-0.1, -0.05) is 0 Å². The Balaban J connectivity index is 1.58. The van der Waals surface area contributed by atoms with Crippen molar-refractivity contribution in [2.75, 3.05) is 37.7 Å². The number of piperazine rings is 1. The highest BCUT2D eigenvalue weighted by Crippen LogP contribution is 2.16. The summed E-state index contributed by atoms with van der Waals surface area (Å²) in [5.41, 5.74) is 1.05. The van der Waals surface area contributed by atoms with Gasteiger partial charge in [-0.15, -0.1) is 0 Å². The van der Waals surface area contributed by atoms with E-state index in [0.29, 0.717) is 43.9 Å². The van der Waals surface area contributed by atoms with Gasteiger partial charge in [0.1, 0.15) is 5.82 Å². The van der Waals surface area contributed by atoms with Gasteiger partial charge in [0.15, 0.2) is 0 Å². The molecule has 1 saturated heterocycles. The molecule has 2 aromatic heterocycles. The van der Waals surface area contributed by atoms with Crippen LogP contribution in [0, 0.1) is 0 Å². The zero-order valence-corrected chi connectivity index (χ0v) is 14.4. The third-order valence-electron chi connectivity index (χ3n) is 4.10. The topological polar surface area (TPSA) is 80.6 Å².